The first-order chi connectivity index (χ1) is 15.9. The first-order valence-corrected chi connectivity index (χ1v) is 11.0. The maximum atomic E-state index is 12.7. The second kappa shape index (κ2) is 10.1. The van der Waals surface area contributed by atoms with Crippen molar-refractivity contribution < 1.29 is 24.2 Å². The summed E-state index contributed by atoms with van der Waals surface area (Å²) in [6, 6.07) is 15.8. The van der Waals surface area contributed by atoms with E-state index in [4.69, 9.17) is 26.2 Å². The molecule has 1 aliphatic heterocycles. The standard InChI is InChI=1S/C24H24ClN3O5/c1-16-13-20(9-11-27(16)24(31)28-12-10-22(26-28)23(29)30)32-15-17-3-2-4-21(14-17)33-19-7-5-18(25)6-8-19/h2-8,10,12,14,16,20H,9,11,13,15H2,1H3,(H,29,30)/t16?,20-/m0/s1. The molecule has 0 saturated carbocycles. The van der Waals surface area contributed by atoms with E-state index in [0.717, 1.165) is 10.2 Å². The Hall–Kier alpha value is -3.36. The van der Waals surface area contributed by atoms with Crippen LogP contribution in [0, 0.1) is 0 Å². The summed E-state index contributed by atoms with van der Waals surface area (Å²) in [6.07, 6.45) is 2.75. The number of halogens is 1. The minimum atomic E-state index is -1.16. The van der Waals surface area contributed by atoms with E-state index in [2.05, 4.69) is 5.10 Å². The number of nitrogens with zero attached hydrogens (tertiary/aromatic N) is 3. The normalized spacial score (nSPS) is 18.2. The highest BCUT2D eigenvalue weighted by Crippen LogP contribution is 2.26. The Morgan fingerprint density at radius 1 is 1.15 bits per heavy atom. The van der Waals surface area contributed by atoms with E-state index in [9.17, 15) is 9.59 Å². The number of likely N-dealkylation sites (tertiary alicyclic amines) is 1. The lowest BCUT2D eigenvalue weighted by Gasteiger charge is -2.37. The molecule has 0 bridgehead atoms. The number of ether oxygens (including phenoxy) is 2. The van der Waals surface area contributed by atoms with Gasteiger partial charge in [0.25, 0.3) is 0 Å². The zero-order chi connectivity index (χ0) is 23.4. The summed E-state index contributed by atoms with van der Waals surface area (Å²) in [5.41, 5.74) is 0.835. The topological polar surface area (TPSA) is 93.9 Å². The van der Waals surface area contributed by atoms with Crippen LogP contribution in [0.25, 0.3) is 0 Å². The fraction of sp³-hybridized carbons (Fsp3) is 0.292. The van der Waals surface area contributed by atoms with Gasteiger partial charge < -0.3 is 19.5 Å². The molecule has 8 nitrogen and oxygen atoms in total. The Labute approximate surface area is 196 Å². The van der Waals surface area contributed by atoms with Crippen molar-refractivity contribution in [3.8, 4) is 11.5 Å². The lowest BCUT2D eigenvalue weighted by molar-refractivity contribution is -0.0107. The maximum Gasteiger partial charge on any atom is 0.356 e. The van der Waals surface area contributed by atoms with E-state index in [1.165, 1.54) is 12.3 Å². The van der Waals surface area contributed by atoms with Crippen molar-refractivity contribution in [1.82, 2.24) is 14.7 Å². The van der Waals surface area contributed by atoms with Gasteiger partial charge in [-0.1, -0.05) is 23.7 Å². The van der Waals surface area contributed by atoms with Crippen molar-refractivity contribution in [1.29, 1.82) is 0 Å². The number of aromatic nitrogens is 2. The highest BCUT2D eigenvalue weighted by Gasteiger charge is 2.30. The number of carboxylic acid groups (broad SMARTS) is 1. The molecular formula is C24H24ClN3O5. The average Bonchev–Trinajstić information content (AvgIpc) is 3.30. The third-order valence-electron chi connectivity index (χ3n) is 5.51. The van der Waals surface area contributed by atoms with E-state index in [-0.39, 0.29) is 23.9 Å². The Bertz CT molecular complexity index is 1130. The largest absolute Gasteiger partial charge is 0.476 e. The number of carbonyl (C=O) groups is 2. The van der Waals surface area contributed by atoms with Crippen LogP contribution in [0.3, 0.4) is 0 Å². The predicted octanol–water partition coefficient (Wildman–Crippen LogP) is 5.06. The fourth-order valence-corrected chi connectivity index (χ4v) is 3.92. The molecule has 2 heterocycles. The highest BCUT2D eigenvalue weighted by atomic mass is 35.5. The first kappa shape index (κ1) is 22.8. The Balaban J connectivity index is 1.30. The molecule has 1 fully saturated rings. The molecule has 33 heavy (non-hydrogen) atoms. The van der Waals surface area contributed by atoms with E-state index in [0.29, 0.717) is 42.5 Å². The number of amides is 1. The molecule has 3 aromatic rings. The van der Waals surface area contributed by atoms with Gasteiger partial charge in [-0.3, -0.25) is 0 Å². The maximum absolute atomic E-state index is 12.7. The van der Waals surface area contributed by atoms with Crippen LogP contribution >= 0.6 is 11.6 Å². The number of aromatic carboxylic acids is 1. The Morgan fingerprint density at radius 2 is 1.94 bits per heavy atom. The van der Waals surface area contributed by atoms with Gasteiger partial charge in [0.1, 0.15) is 11.5 Å². The van der Waals surface area contributed by atoms with Gasteiger partial charge in [0.2, 0.25) is 0 Å². The van der Waals surface area contributed by atoms with Crippen molar-refractivity contribution in [3.63, 3.8) is 0 Å². The monoisotopic (exact) mass is 469 g/mol. The van der Waals surface area contributed by atoms with Crippen molar-refractivity contribution >= 4 is 23.6 Å². The first-order valence-electron chi connectivity index (χ1n) is 10.6. The second-order valence-corrected chi connectivity index (χ2v) is 8.37. The molecule has 1 aromatic heterocycles. The fourth-order valence-electron chi connectivity index (χ4n) is 3.79. The predicted molar refractivity (Wildman–Crippen MR) is 122 cm³/mol. The zero-order valence-electron chi connectivity index (χ0n) is 18.1. The molecule has 172 valence electrons. The summed E-state index contributed by atoms with van der Waals surface area (Å²) in [6.45, 7) is 2.90. The molecule has 0 aliphatic carbocycles. The number of rotatable bonds is 6. The lowest BCUT2D eigenvalue weighted by atomic mass is 10.0. The molecule has 0 spiro atoms. The molecule has 2 atom stereocenters. The van der Waals surface area contributed by atoms with Crippen LogP contribution in [-0.4, -0.2) is 50.5 Å². The number of hydrogen-bond donors (Lipinski definition) is 1. The molecule has 4 rings (SSSR count). The highest BCUT2D eigenvalue weighted by molar-refractivity contribution is 6.30. The molecule has 1 N–H and O–H groups in total. The Morgan fingerprint density at radius 3 is 2.64 bits per heavy atom. The lowest BCUT2D eigenvalue weighted by Crippen LogP contribution is -2.48. The summed E-state index contributed by atoms with van der Waals surface area (Å²) >= 11 is 5.92. The number of piperidine rings is 1. The summed E-state index contributed by atoms with van der Waals surface area (Å²) in [4.78, 5) is 25.4. The van der Waals surface area contributed by atoms with Crippen LogP contribution in [0.5, 0.6) is 11.5 Å². The molecule has 2 aromatic carbocycles. The number of carbonyl (C=O) groups excluding carboxylic acids is 1. The quantitative estimate of drug-likeness (QED) is 0.542. The van der Waals surface area contributed by atoms with Crippen molar-refractivity contribution in [2.45, 2.75) is 38.5 Å². The minimum Gasteiger partial charge on any atom is -0.476 e. The van der Waals surface area contributed by atoms with Crippen LogP contribution in [0.1, 0.15) is 35.8 Å². The summed E-state index contributed by atoms with van der Waals surface area (Å²) in [5.74, 6) is 0.257. The second-order valence-electron chi connectivity index (χ2n) is 7.94. The van der Waals surface area contributed by atoms with Gasteiger partial charge >= 0.3 is 12.0 Å². The molecule has 1 amide bonds. The van der Waals surface area contributed by atoms with E-state index < -0.39 is 5.97 Å². The van der Waals surface area contributed by atoms with Crippen molar-refractivity contribution in [2.24, 2.45) is 0 Å². The summed E-state index contributed by atoms with van der Waals surface area (Å²) < 4.78 is 13.1. The van der Waals surface area contributed by atoms with Crippen molar-refractivity contribution in [3.05, 3.63) is 77.1 Å². The molecule has 9 heteroatoms. The van der Waals surface area contributed by atoms with Crippen LogP contribution in [-0.2, 0) is 11.3 Å². The smallest absolute Gasteiger partial charge is 0.356 e. The van der Waals surface area contributed by atoms with Gasteiger partial charge in [0.15, 0.2) is 5.69 Å². The third kappa shape index (κ3) is 5.71. The summed E-state index contributed by atoms with van der Waals surface area (Å²) in [7, 11) is 0. The molecule has 1 aliphatic rings. The van der Waals surface area contributed by atoms with Gasteiger partial charge in [0, 0.05) is 23.8 Å². The third-order valence-corrected chi connectivity index (χ3v) is 5.76. The van der Waals surface area contributed by atoms with E-state index in [1.807, 2.05) is 43.3 Å². The van der Waals surface area contributed by atoms with Crippen LogP contribution in [0.4, 0.5) is 4.79 Å². The average molecular weight is 470 g/mol. The molecule has 1 unspecified atom stereocenters. The number of benzene rings is 2. The van der Waals surface area contributed by atoms with Gasteiger partial charge in [0.05, 0.1) is 12.7 Å². The summed E-state index contributed by atoms with van der Waals surface area (Å²) in [5, 5.41) is 13.5. The Kier molecular flexibility index (Phi) is 6.96. The van der Waals surface area contributed by atoms with E-state index in [1.54, 1.807) is 17.0 Å². The molecular weight excluding hydrogens is 446 g/mol. The number of hydrogen-bond acceptors (Lipinski definition) is 5. The van der Waals surface area contributed by atoms with Crippen LogP contribution in [0.15, 0.2) is 60.8 Å². The minimum absolute atomic E-state index is 0.0112. The van der Waals surface area contributed by atoms with Gasteiger partial charge in [-0.05, 0) is 67.8 Å². The van der Waals surface area contributed by atoms with Crippen LogP contribution < -0.4 is 4.74 Å². The molecule has 0 radical (unpaired) electrons. The van der Waals surface area contributed by atoms with Gasteiger partial charge in [-0.15, -0.1) is 0 Å². The van der Waals surface area contributed by atoms with Crippen LogP contribution in [0.2, 0.25) is 5.02 Å². The van der Waals surface area contributed by atoms with E-state index >= 15 is 0 Å². The number of carboxylic acids is 1. The van der Waals surface area contributed by atoms with Gasteiger partial charge in [-0.2, -0.15) is 9.78 Å². The van der Waals surface area contributed by atoms with Crippen molar-refractivity contribution in [2.75, 3.05) is 6.54 Å². The SMILES string of the molecule is CC1C[C@@H](OCc2cccc(Oc3ccc(Cl)cc3)c2)CCN1C(=O)n1ccc(C(=O)O)n1. The van der Waals surface area contributed by atoms with Gasteiger partial charge in [-0.25, -0.2) is 9.59 Å². The zero-order valence-corrected chi connectivity index (χ0v) is 18.8. The molecule has 1 saturated heterocycles.